The summed E-state index contributed by atoms with van der Waals surface area (Å²) in [5.74, 6) is 1.62. The van der Waals surface area contributed by atoms with Crippen LogP contribution in [0.4, 0.5) is 0 Å². The van der Waals surface area contributed by atoms with Crippen molar-refractivity contribution in [2.45, 2.75) is 50.9 Å². The van der Waals surface area contributed by atoms with E-state index >= 15 is 0 Å². The van der Waals surface area contributed by atoms with Crippen LogP contribution in [-0.2, 0) is 6.42 Å². The van der Waals surface area contributed by atoms with E-state index in [4.69, 9.17) is 9.47 Å². The number of aliphatic hydroxyl groups is 2. The molecule has 0 amide bonds. The van der Waals surface area contributed by atoms with Gasteiger partial charge in [-0.3, -0.25) is 4.90 Å². The minimum atomic E-state index is -0.747. The average Bonchev–Trinajstić information content (AvgIpc) is 2.53. The SMILES string of the molecule is COc1cc2c(cc1OC)[C@H]1C[C@@H](O)[C@H](CC(C)(C)O)CN1CC2. The van der Waals surface area contributed by atoms with Crippen LogP contribution < -0.4 is 9.47 Å². The minimum Gasteiger partial charge on any atom is -0.493 e. The van der Waals surface area contributed by atoms with Gasteiger partial charge < -0.3 is 19.7 Å². The summed E-state index contributed by atoms with van der Waals surface area (Å²) >= 11 is 0. The first-order valence-corrected chi connectivity index (χ1v) is 8.71. The van der Waals surface area contributed by atoms with Gasteiger partial charge in [0.05, 0.1) is 25.9 Å². The summed E-state index contributed by atoms with van der Waals surface area (Å²) in [5, 5.41) is 20.7. The van der Waals surface area contributed by atoms with Crippen LogP contribution in [0.25, 0.3) is 0 Å². The Labute approximate surface area is 144 Å². The van der Waals surface area contributed by atoms with Gasteiger partial charge in [0.2, 0.25) is 0 Å². The summed E-state index contributed by atoms with van der Waals surface area (Å²) in [6, 6.07) is 4.34. The van der Waals surface area contributed by atoms with E-state index in [1.54, 1.807) is 14.2 Å². The molecule has 5 nitrogen and oxygen atoms in total. The zero-order valence-corrected chi connectivity index (χ0v) is 15.1. The molecule has 0 radical (unpaired) electrons. The predicted octanol–water partition coefficient (Wildman–Crippen LogP) is 2.14. The normalized spacial score (nSPS) is 27.3. The second-order valence-electron chi connectivity index (χ2n) is 7.75. The van der Waals surface area contributed by atoms with Gasteiger partial charge in [0.15, 0.2) is 11.5 Å². The van der Waals surface area contributed by atoms with Crippen molar-refractivity contribution in [2.75, 3.05) is 27.3 Å². The van der Waals surface area contributed by atoms with E-state index in [0.29, 0.717) is 12.8 Å². The molecule has 0 unspecified atom stereocenters. The summed E-state index contributed by atoms with van der Waals surface area (Å²) in [5.41, 5.74) is 1.77. The molecule has 0 aromatic heterocycles. The molecule has 134 valence electrons. The summed E-state index contributed by atoms with van der Waals surface area (Å²) in [6.07, 6.45) is 1.90. The lowest BCUT2D eigenvalue weighted by Crippen LogP contribution is -2.49. The highest BCUT2D eigenvalue weighted by Crippen LogP contribution is 2.43. The van der Waals surface area contributed by atoms with Gasteiger partial charge >= 0.3 is 0 Å². The summed E-state index contributed by atoms with van der Waals surface area (Å²) in [7, 11) is 3.31. The summed E-state index contributed by atoms with van der Waals surface area (Å²) in [6.45, 7) is 5.43. The second kappa shape index (κ2) is 6.54. The maximum absolute atomic E-state index is 10.6. The van der Waals surface area contributed by atoms with Gasteiger partial charge in [-0.1, -0.05) is 0 Å². The molecule has 1 aromatic carbocycles. The topological polar surface area (TPSA) is 62.2 Å². The van der Waals surface area contributed by atoms with Crippen LogP contribution in [0, 0.1) is 5.92 Å². The number of nitrogens with zero attached hydrogens (tertiary/aromatic N) is 1. The highest BCUT2D eigenvalue weighted by atomic mass is 16.5. The third-order valence-electron chi connectivity index (χ3n) is 5.35. The second-order valence-corrected chi connectivity index (χ2v) is 7.75. The quantitative estimate of drug-likeness (QED) is 0.883. The van der Waals surface area contributed by atoms with Crippen molar-refractivity contribution >= 4 is 0 Å². The zero-order valence-electron chi connectivity index (χ0n) is 15.1. The van der Waals surface area contributed by atoms with Gasteiger partial charge in [-0.25, -0.2) is 0 Å². The molecule has 3 atom stereocenters. The molecule has 2 N–H and O–H groups in total. The van der Waals surface area contributed by atoms with E-state index in [0.717, 1.165) is 31.0 Å². The lowest BCUT2D eigenvalue weighted by Gasteiger charge is -2.46. The molecule has 3 rings (SSSR count). The van der Waals surface area contributed by atoms with E-state index in [-0.39, 0.29) is 12.0 Å². The van der Waals surface area contributed by atoms with Crippen LogP contribution in [0.5, 0.6) is 11.5 Å². The molecule has 5 heteroatoms. The fourth-order valence-corrected chi connectivity index (χ4v) is 4.26. The average molecular weight is 335 g/mol. The lowest BCUT2D eigenvalue weighted by atomic mass is 9.78. The van der Waals surface area contributed by atoms with Crippen molar-refractivity contribution in [3.8, 4) is 11.5 Å². The number of hydrogen-bond acceptors (Lipinski definition) is 5. The maximum Gasteiger partial charge on any atom is 0.161 e. The predicted molar refractivity (Wildman–Crippen MR) is 92.6 cm³/mol. The van der Waals surface area contributed by atoms with E-state index in [2.05, 4.69) is 17.0 Å². The monoisotopic (exact) mass is 335 g/mol. The van der Waals surface area contributed by atoms with Crippen LogP contribution in [0.2, 0.25) is 0 Å². The van der Waals surface area contributed by atoms with Crippen molar-refractivity contribution in [1.82, 2.24) is 4.90 Å². The lowest BCUT2D eigenvalue weighted by molar-refractivity contribution is -0.0480. The molecule has 0 saturated carbocycles. The van der Waals surface area contributed by atoms with Crippen molar-refractivity contribution < 1.29 is 19.7 Å². The van der Waals surface area contributed by atoms with Crippen molar-refractivity contribution in [2.24, 2.45) is 5.92 Å². The molecule has 0 bridgehead atoms. The molecular weight excluding hydrogens is 306 g/mol. The van der Waals surface area contributed by atoms with E-state index < -0.39 is 11.7 Å². The molecule has 1 aromatic rings. The summed E-state index contributed by atoms with van der Waals surface area (Å²) in [4.78, 5) is 2.44. The number of fused-ring (bicyclic) bond motifs is 3. The van der Waals surface area contributed by atoms with E-state index in [9.17, 15) is 10.2 Å². The van der Waals surface area contributed by atoms with E-state index in [1.807, 2.05) is 13.8 Å². The van der Waals surface area contributed by atoms with Crippen molar-refractivity contribution in [3.63, 3.8) is 0 Å². The van der Waals surface area contributed by atoms with Crippen LogP contribution in [-0.4, -0.2) is 54.1 Å². The van der Waals surface area contributed by atoms with Gasteiger partial charge in [-0.05, 0) is 56.4 Å². The number of piperidine rings is 1. The number of hydrogen-bond donors (Lipinski definition) is 2. The van der Waals surface area contributed by atoms with Crippen LogP contribution in [0.1, 0.15) is 43.9 Å². The Bertz CT molecular complexity index is 596. The summed E-state index contributed by atoms with van der Waals surface area (Å²) < 4.78 is 10.9. The zero-order chi connectivity index (χ0) is 17.5. The number of methoxy groups -OCH3 is 2. The fraction of sp³-hybridized carbons (Fsp3) is 0.684. The van der Waals surface area contributed by atoms with Crippen LogP contribution in [0.3, 0.4) is 0 Å². The molecule has 2 heterocycles. The van der Waals surface area contributed by atoms with Gasteiger partial charge in [0.25, 0.3) is 0 Å². The van der Waals surface area contributed by atoms with Crippen LogP contribution in [0.15, 0.2) is 12.1 Å². The van der Waals surface area contributed by atoms with Crippen molar-refractivity contribution in [1.29, 1.82) is 0 Å². The van der Waals surface area contributed by atoms with Gasteiger partial charge in [-0.15, -0.1) is 0 Å². The molecule has 2 aliphatic rings. The number of rotatable bonds is 4. The fourth-order valence-electron chi connectivity index (χ4n) is 4.26. The highest BCUT2D eigenvalue weighted by molar-refractivity contribution is 5.49. The Balaban J connectivity index is 1.86. The Morgan fingerprint density at radius 3 is 2.50 bits per heavy atom. The molecule has 0 spiro atoms. The molecule has 1 fully saturated rings. The highest BCUT2D eigenvalue weighted by Gasteiger charge is 2.40. The smallest absolute Gasteiger partial charge is 0.161 e. The van der Waals surface area contributed by atoms with Gasteiger partial charge in [-0.2, -0.15) is 0 Å². The Morgan fingerprint density at radius 2 is 1.88 bits per heavy atom. The van der Waals surface area contributed by atoms with Crippen molar-refractivity contribution in [3.05, 3.63) is 23.3 Å². The first kappa shape index (κ1) is 17.5. The third kappa shape index (κ3) is 3.39. The Kier molecular flexibility index (Phi) is 4.78. The first-order valence-electron chi connectivity index (χ1n) is 8.71. The van der Waals surface area contributed by atoms with Crippen LogP contribution >= 0.6 is 0 Å². The maximum atomic E-state index is 10.6. The number of ether oxygens (including phenoxy) is 2. The molecule has 2 aliphatic heterocycles. The molecule has 1 saturated heterocycles. The third-order valence-corrected chi connectivity index (χ3v) is 5.35. The minimum absolute atomic E-state index is 0.114. The first-order chi connectivity index (χ1) is 11.3. The Hall–Kier alpha value is -1.30. The molecule has 24 heavy (non-hydrogen) atoms. The Morgan fingerprint density at radius 1 is 1.21 bits per heavy atom. The molecule has 0 aliphatic carbocycles. The van der Waals surface area contributed by atoms with Gasteiger partial charge in [0, 0.05) is 25.0 Å². The van der Waals surface area contributed by atoms with Gasteiger partial charge in [0.1, 0.15) is 0 Å². The largest absolute Gasteiger partial charge is 0.493 e. The van der Waals surface area contributed by atoms with E-state index in [1.165, 1.54) is 11.1 Å². The molecular formula is C19H29NO4. The number of aliphatic hydroxyl groups excluding tert-OH is 1. The number of benzene rings is 1. The standard InChI is InChI=1S/C19H29NO4/c1-19(2,22)10-13-11-20-6-5-12-7-17(23-3)18(24-4)8-14(12)15(20)9-16(13)21/h7-8,13,15-16,21-22H,5-6,9-11H2,1-4H3/t13-,15-,16-/m1/s1.